The minimum atomic E-state index is -0.241. The van der Waals surface area contributed by atoms with Crippen molar-refractivity contribution in [1.29, 1.82) is 0 Å². The van der Waals surface area contributed by atoms with Crippen LogP contribution >= 0.6 is 0 Å². The van der Waals surface area contributed by atoms with Crippen LogP contribution in [0.4, 0.5) is 0 Å². The maximum absolute atomic E-state index is 11.8. The van der Waals surface area contributed by atoms with Gasteiger partial charge in [0.1, 0.15) is 5.76 Å². The second kappa shape index (κ2) is 6.78. The molecule has 0 bridgehead atoms. The monoisotopic (exact) mass is 290 g/mol. The van der Waals surface area contributed by atoms with Crippen LogP contribution in [0, 0.1) is 13.8 Å². The average molecular weight is 290 g/mol. The van der Waals surface area contributed by atoms with Crippen molar-refractivity contribution in [3.63, 3.8) is 0 Å². The Bertz CT molecular complexity index is 622. The van der Waals surface area contributed by atoms with Gasteiger partial charge in [0.25, 0.3) is 5.91 Å². The van der Waals surface area contributed by atoms with E-state index in [-0.39, 0.29) is 12.5 Å². The lowest BCUT2D eigenvalue weighted by molar-refractivity contribution is -0.123. The Kier molecular flexibility index (Phi) is 4.81. The molecule has 1 N–H and O–H groups in total. The van der Waals surface area contributed by atoms with Crippen LogP contribution in [-0.4, -0.2) is 24.6 Å². The highest BCUT2D eigenvalue weighted by molar-refractivity contribution is 5.77. The first-order chi connectivity index (χ1) is 10.1. The molecule has 0 radical (unpaired) electrons. The molecule has 0 aliphatic heterocycles. The molecule has 0 aliphatic carbocycles. The van der Waals surface area contributed by atoms with Crippen molar-refractivity contribution < 1.29 is 18.7 Å². The van der Waals surface area contributed by atoms with Crippen LogP contribution in [0.25, 0.3) is 0 Å². The molecule has 6 nitrogen and oxygen atoms in total. The third-order valence-electron chi connectivity index (χ3n) is 2.87. The number of ether oxygens (including phenoxy) is 2. The van der Waals surface area contributed by atoms with Crippen LogP contribution in [-0.2, 0) is 11.3 Å². The van der Waals surface area contributed by atoms with Gasteiger partial charge in [-0.2, -0.15) is 0 Å². The molecule has 0 fully saturated rings. The largest absolute Gasteiger partial charge is 0.493 e. The Morgan fingerprint density at radius 1 is 1.29 bits per heavy atom. The number of amides is 1. The Labute approximate surface area is 123 Å². The van der Waals surface area contributed by atoms with E-state index < -0.39 is 0 Å². The van der Waals surface area contributed by atoms with E-state index in [0.717, 1.165) is 5.69 Å². The quantitative estimate of drug-likeness (QED) is 0.880. The Balaban J connectivity index is 1.84. The fraction of sp³-hybridized carbons (Fsp3) is 0.333. The number of hydrogen-bond acceptors (Lipinski definition) is 5. The molecule has 21 heavy (non-hydrogen) atoms. The summed E-state index contributed by atoms with van der Waals surface area (Å²) in [4.78, 5) is 15.9. The van der Waals surface area contributed by atoms with Crippen LogP contribution in [0.5, 0.6) is 11.5 Å². The predicted octanol–water partition coefficient (Wildman–Crippen LogP) is 2.00. The number of oxazole rings is 1. The number of para-hydroxylation sites is 2. The van der Waals surface area contributed by atoms with Gasteiger partial charge in [-0.3, -0.25) is 4.79 Å². The summed E-state index contributed by atoms with van der Waals surface area (Å²) in [6, 6.07) is 7.17. The van der Waals surface area contributed by atoms with E-state index in [2.05, 4.69) is 10.3 Å². The van der Waals surface area contributed by atoms with Crippen molar-refractivity contribution >= 4 is 5.91 Å². The lowest BCUT2D eigenvalue weighted by atomic mass is 10.3. The summed E-state index contributed by atoms with van der Waals surface area (Å²) in [5, 5.41) is 2.72. The minimum Gasteiger partial charge on any atom is -0.493 e. The molecule has 0 atom stereocenters. The number of carbonyl (C=O) groups is 1. The molecule has 2 rings (SSSR count). The van der Waals surface area contributed by atoms with Crippen LogP contribution in [0.3, 0.4) is 0 Å². The van der Waals surface area contributed by atoms with E-state index in [1.807, 2.05) is 19.1 Å². The number of aromatic nitrogens is 1. The highest BCUT2D eigenvalue weighted by Gasteiger charge is 2.10. The molecule has 0 aliphatic rings. The average Bonchev–Trinajstić information content (AvgIpc) is 2.81. The van der Waals surface area contributed by atoms with Gasteiger partial charge < -0.3 is 19.2 Å². The van der Waals surface area contributed by atoms with Crippen molar-refractivity contribution in [2.45, 2.75) is 20.4 Å². The standard InChI is InChI=1S/C15H18N2O4/c1-10-14(21-11(2)17-10)8-16-15(18)9-20-13-7-5-4-6-12(13)19-3/h4-7H,8-9H2,1-3H3,(H,16,18). The molecule has 0 unspecified atom stereocenters. The second-order valence-corrected chi connectivity index (χ2v) is 4.46. The van der Waals surface area contributed by atoms with E-state index >= 15 is 0 Å². The van der Waals surface area contributed by atoms with Crippen LogP contribution < -0.4 is 14.8 Å². The van der Waals surface area contributed by atoms with Gasteiger partial charge in [0.15, 0.2) is 24.0 Å². The van der Waals surface area contributed by atoms with Gasteiger partial charge in [-0.15, -0.1) is 0 Å². The van der Waals surface area contributed by atoms with Gasteiger partial charge in [0.05, 0.1) is 19.3 Å². The highest BCUT2D eigenvalue weighted by atomic mass is 16.5. The number of nitrogens with zero attached hydrogens (tertiary/aromatic N) is 1. The first-order valence-corrected chi connectivity index (χ1v) is 6.55. The van der Waals surface area contributed by atoms with Crippen molar-refractivity contribution in [3.8, 4) is 11.5 Å². The topological polar surface area (TPSA) is 73.6 Å². The zero-order chi connectivity index (χ0) is 15.2. The first kappa shape index (κ1) is 14.9. The van der Waals surface area contributed by atoms with Crippen LogP contribution in [0.15, 0.2) is 28.7 Å². The van der Waals surface area contributed by atoms with E-state index in [9.17, 15) is 4.79 Å². The predicted molar refractivity (Wildman–Crippen MR) is 76.3 cm³/mol. The number of carbonyl (C=O) groups excluding carboxylic acids is 1. The van der Waals surface area contributed by atoms with Gasteiger partial charge in [0.2, 0.25) is 0 Å². The maximum atomic E-state index is 11.8. The maximum Gasteiger partial charge on any atom is 0.258 e. The van der Waals surface area contributed by atoms with Crippen LogP contribution in [0.1, 0.15) is 17.3 Å². The minimum absolute atomic E-state index is 0.0907. The lowest BCUT2D eigenvalue weighted by Gasteiger charge is -2.10. The van der Waals surface area contributed by atoms with Crippen molar-refractivity contribution in [2.75, 3.05) is 13.7 Å². The molecule has 1 aromatic carbocycles. The SMILES string of the molecule is COc1ccccc1OCC(=O)NCc1oc(C)nc1C. The zero-order valence-corrected chi connectivity index (χ0v) is 12.3. The highest BCUT2D eigenvalue weighted by Crippen LogP contribution is 2.25. The first-order valence-electron chi connectivity index (χ1n) is 6.55. The number of aryl methyl sites for hydroxylation is 2. The number of nitrogens with one attached hydrogen (secondary N) is 1. The molecule has 1 amide bonds. The van der Waals surface area contributed by atoms with Gasteiger partial charge >= 0.3 is 0 Å². The van der Waals surface area contributed by atoms with E-state index in [1.165, 1.54) is 0 Å². The van der Waals surface area contributed by atoms with Crippen molar-refractivity contribution in [1.82, 2.24) is 10.3 Å². The van der Waals surface area contributed by atoms with Gasteiger partial charge in [0, 0.05) is 6.92 Å². The fourth-order valence-electron chi connectivity index (χ4n) is 1.85. The Hall–Kier alpha value is -2.50. The fourth-order valence-corrected chi connectivity index (χ4v) is 1.85. The third kappa shape index (κ3) is 3.98. The summed E-state index contributed by atoms with van der Waals surface area (Å²) in [7, 11) is 1.55. The molecule has 112 valence electrons. The lowest BCUT2D eigenvalue weighted by Crippen LogP contribution is -2.28. The van der Waals surface area contributed by atoms with Crippen LogP contribution in [0.2, 0.25) is 0 Å². The molecule has 6 heteroatoms. The zero-order valence-electron chi connectivity index (χ0n) is 12.3. The summed E-state index contributed by atoms with van der Waals surface area (Å²) in [6.07, 6.45) is 0. The van der Waals surface area contributed by atoms with Crippen molar-refractivity contribution in [2.24, 2.45) is 0 Å². The summed E-state index contributed by atoms with van der Waals surface area (Å²) in [6.45, 7) is 3.81. The molecule has 2 aromatic rings. The summed E-state index contributed by atoms with van der Waals surface area (Å²) >= 11 is 0. The van der Waals surface area contributed by atoms with Crippen molar-refractivity contribution in [3.05, 3.63) is 41.6 Å². The molecule has 0 saturated heterocycles. The number of benzene rings is 1. The van der Waals surface area contributed by atoms with Gasteiger partial charge in [-0.25, -0.2) is 4.98 Å². The van der Waals surface area contributed by atoms with E-state index in [4.69, 9.17) is 13.9 Å². The second-order valence-electron chi connectivity index (χ2n) is 4.46. The normalized spacial score (nSPS) is 10.2. The number of hydrogen-bond donors (Lipinski definition) is 1. The smallest absolute Gasteiger partial charge is 0.258 e. The van der Waals surface area contributed by atoms with E-state index in [1.54, 1.807) is 26.2 Å². The summed E-state index contributed by atoms with van der Waals surface area (Å²) < 4.78 is 16.0. The third-order valence-corrected chi connectivity index (χ3v) is 2.87. The number of rotatable bonds is 6. The molecule has 1 aromatic heterocycles. The summed E-state index contributed by atoms with van der Waals surface area (Å²) in [5.74, 6) is 2.11. The molecule has 0 spiro atoms. The summed E-state index contributed by atoms with van der Waals surface area (Å²) in [5.41, 5.74) is 0.776. The Morgan fingerprint density at radius 2 is 2.00 bits per heavy atom. The molecular formula is C15H18N2O4. The molecule has 1 heterocycles. The number of methoxy groups -OCH3 is 1. The van der Waals surface area contributed by atoms with Gasteiger partial charge in [-0.1, -0.05) is 12.1 Å². The Morgan fingerprint density at radius 3 is 2.62 bits per heavy atom. The van der Waals surface area contributed by atoms with Gasteiger partial charge in [-0.05, 0) is 19.1 Å². The molecular weight excluding hydrogens is 272 g/mol. The van der Waals surface area contributed by atoms with E-state index in [0.29, 0.717) is 29.7 Å². The molecule has 0 saturated carbocycles.